The van der Waals surface area contributed by atoms with Crippen LogP contribution < -0.4 is 0 Å². The van der Waals surface area contributed by atoms with Gasteiger partial charge in [-0.1, -0.05) is 13.8 Å². The van der Waals surface area contributed by atoms with E-state index in [9.17, 15) is 13.2 Å². The number of aryl methyl sites for hydroxylation is 1. The number of rotatable bonds is 10. The highest BCUT2D eigenvalue weighted by Crippen LogP contribution is 2.17. The van der Waals surface area contributed by atoms with Gasteiger partial charge in [-0.3, -0.25) is 0 Å². The van der Waals surface area contributed by atoms with Crippen molar-refractivity contribution in [1.82, 2.24) is 0 Å². The smallest absolute Gasteiger partial charge is 0.321 e. The van der Waals surface area contributed by atoms with Gasteiger partial charge in [0.1, 0.15) is 5.82 Å². The molecule has 0 amide bonds. The minimum Gasteiger partial charge on any atom is -0.397 e. The Kier molecular flexibility index (Phi) is 8.64. The van der Waals surface area contributed by atoms with Gasteiger partial charge in [0.2, 0.25) is 0 Å². The molecule has 0 saturated carbocycles. The topological polar surface area (TPSA) is 18.5 Å². The lowest BCUT2D eigenvalue weighted by molar-refractivity contribution is 0.196. The molecule has 0 aliphatic rings. The van der Waals surface area contributed by atoms with Crippen molar-refractivity contribution in [2.24, 2.45) is 0 Å². The largest absolute Gasteiger partial charge is 0.397 e. The fraction of sp³-hybridized carbons (Fsp3) is 0.600. The van der Waals surface area contributed by atoms with Crippen LogP contribution in [0.15, 0.2) is 12.1 Å². The van der Waals surface area contributed by atoms with Crippen LogP contribution in [0.3, 0.4) is 0 Å². The van der Waals surface area contributed by atoms with E-state index < -0.39 is 26.7 Å². The van der Waals surface area contributed by atoms with Gasteiger partial charge in [0, 0.05) is 19.3 Å². The van der Waals surface area contributed by atoms with E-state index in [0.717, 1.165) is 25.0 Å². The molecule has 0 heterocycles. The number of hydrogen-bond acceptors (Lipinski definition) is 2. The van der Waals surface area contributed by atoms with E-state index >= 15 is 0 Å². The summed E-state index contributed by atoms with van der Waals surface area (Å²) in [5, 5.41) is 0. The molecule has 0 radical (unpaired) electrons. The van der Waals surface area contributed by atoms with Crippen molar-refractivity contribution in [3.8, 4) is 0 Å². The molecular weight excluding hydrogens is 297 g/mol. The van der Waals surface area contributed by atoms with E-state index in [1.165, 1.54) is 0 Å². The van der Waals surface area contributed by atoms with Crippen LogP contribution in [-0.2, 0) is 15.3 Å². The lowest BCUT2D eigenvalue weighted by Gasteiger charge is -2.16. The van der Waals surface area contributed by atoms with E-state index in [0.29, 0.717) is 32.1 Å². The molecule has 0 atom stereocenters. The van der Waals surface area contributed by atoms with Gasteiger partial charge in [-0.15, -0.1) is 0 Å². The van der Waals surface area contributed by atoms with Gasteiger partial charge >= 0.3 is 9.28 Å². The molecular formula is C15H23F3O2Si. The van der Waals surface area contributed by atoms with E-state index in [1.807, 2.05) is 13.8 Å². The highest BCUT2D eigenvalue weighted by Gasteiger charge is 2.14. The monoisotopic (exact) mass is 320 g/mol. The van der Waals surface area contributed by atoms with Crippen molar-refractivity contribution in [2.75, 3.05) is 13.2 Å². The second-order valence-electron chi connectivity index (χ2n) is 4.92. The van der Waals surface area contributed by atoms with Gasteiger partial charge in [-0.2, -0.15) is 0 Å². The first-order valence-electron chi connectivity index (χ1n) is 7.45. The molecule has 21 heavy (non-hydrogen) atoms. The van der Waals surface area contributed by atoms with Crippen LogP contribution in [0.2, 0.25) is 6.04 Å². The van der Waals surface area contributed by atoms with Gasteiger partial charge in [0.05, 0.1) is 0 Å². The maximum absolute atomic E-state index is 13.5. The minimum absolute atomic E-state index is 0.202. The standard InChI is InChI=1S/C15H23F3O2Si/c1-3-7-19-21(20-8-4-2)9-5-6-12-10-14(17)15(18)11-13(12)16/h10-11,21H,3-9H2,1-2H3. The van der Waals surface area contributed by atoms with Crippen molar-refractivity contribution >= 4 is 9.28 Å². The van der Waals surface area contributed by atoms with Crippen LogP contribution >= 0.6 is 0 Å². The van der Waals surface area contributed by atoms with E-state index in [2.05, 4.69) is 0 Å². The summed E-state index contributed by atoms with van der Waals surface area (Å²) in [6.45, 7) is 5.39. The van der Waals surface area contributed by atoms with Crippen LogP contribution in [-0.4, -0.2) is 22.5 Å². The maximum atomic E-state index is 13.5. The first kappa shape index (κ1) is 18.2. The van der Waals surface area contributed by atoms with Gasteiger partial charge < -0.3 is 8.85 Å². The summed E-state index contributed by atoms with van der Waals surface area (Å²) in [6, 6.07) is 2.26. The Morgan fingerprint density at radius 3 is 2.05 bits per heavy atom. The third-order valence-electron chi connectivity index (χ3n) is 2.99. The Morgan fingerprint density at radius 2 is 1.48 bits per heavy atom. The molecule has 120 valence electrons. The normalized spacial score (nSPS) is 11.3. The summed E-state index contributed by atoms with van der Waals surface area (Å²) in [4.78, 5) is 0. The molecule has 0 fully saturated rings. The SMILES string of the molecule is CCCO[SiH](CCCc1cc(F)c(F)cc1F)OCCC. The molecule has 0 bridgehead atoms. The molecule has 1 aromatic carbocycles. The molecule has 0 aliphatic heterocycles. The van der Waals surface area contributed by atoms with E-state index in [4.69, 9.17) is 8.85 Å². The summed E-state index contributed by atoms with van der Waals surface area (Å²) in [6.07, 6.45) is 2.86. The molecule has 1 aromatic rings. The van der Waals surface area contributed by atoms with Gasteiger partial charge in [-0.05, 0) is 43.4 Å². The quantitative estimate of drug-likeness (QED) is 0.477. The summed E-state index contributed by atoms with van der Waals surface area (Å²) >= 11 is 0. The van der Waals surface area contributed by atoms with E-state index in [-0.39, 0.29) is 5.56 Å². The molecule has 1 rings (SSSR count). The Labute approximate surface area is 126 Å². The average molecular weight is 320 g/mol. The molecule has 0 unspecified atom stereocenters. The molecule has 0 N–H and O–H groups in total. The van der Waals surface area contributed by atoms with Gasteiger partial charge in [0.15, 0.2) is 11.6 Å². The van der Waals surface area contributed by atoms with Crippen molar-refractivity contribution in [2.45, 2.75) is 45.6 Å². The van der Waals surface area contributed by atoms with Crippen LogP contribution in [0, 0.1) is 17.5 Å². The number of hydrogen-bond donors (Lipinski definition) is 0. The molecule has 0 aliphatic carbocycles. The van der Waals surface area contributed by atoms with Crippen LogP contribution in [0.4, 0.5) is 13.2 Å². The lowest BCUT2D eigenvalue weighted by atomic mass is 10.1. The zero-order valence-electron chi connectivity index (χ0n) is 12.6. The van der Waals surface area contributed by atoms with E-state index in [1.54, 1.807) is 0 Å². The Hall–Kier alpha value is -0.853. The molecule has 0 spiro atoms. The fourth-order valence-electron chi connectivity index (χ4n) is 1.93. The lowest BCUT2D eigenvalue weighted by Crippen LogP contribution is -2.24. The van der Waals surface area contributed by atoms with Crippen LogP contribution in [0.25, 0.3) is 0 Å². The molecule has 0 saturated heterocycles. The Morgan fingerprint density at radius 1 is 0.905 bits per heavy atom. The van der Waals surface area contributed by atoms with Crippen LogP contribution in [0.1, 0.15) is 38.7 Å². The Bertz CT molecular complexity index is 422. The van der Waals surface area contributed by atoms with Gasteiger partial charge in [0.25, 0.3) is 0 Å². The van der Waals surface area contributed by atoms with Crippen LogP contribution in [0.5, 0.6) is 0 Å². The summed E-state index contributed by atoms with van der Waals surface area (Å²) in [5.41, 5.74) is 0.202. The second-order valence-corrected chi connectivity index (χ2v) is 7.02. The Balaban J connectivity index is 2.47. The average Bonchev–Trinajstić information content (AvgIpc) is 2.46. The predicted molar refractivity (Wildman–Crippen MR) is 79.1 cm³/mol. The van der Waals surface area contributed by atoms with Crippen molar-refractivity contribution < 1.29 is 22.0 Å². The summed E-state index contributed by atoms with van der Waals surface area (Å²) in [5.74, 6) is -2.86. The first-order valence-corrected chi connectivity index (χ1v) is 9.21. The highest BCUT2D eigenvalue weighted by atomic mass is 28.3. The zero-order chi connectivity index (χ0) is 15.7. The highest BCUT2D eigenvalue weighted by molar-refractivity contribution is 6.44. The summed E-state index contributed by atoms with van der Waals surface area (Å²) in [7, 11) is -1.74. The summed E-state index contributed by atoms with van der Waals surface area (Å²) < 4.78 is 50.8. The van der Waals surface area contributed by atoms with Crippen molar-refractivity contribution in [3.05, 3.63) is 35.1 Å². The van der Waals surface area contributed by atoms with Crippen molar-refractivity contribution in [1.29, 1.82) is 0 Å². The second kappa shape index (κ2) is 9.97. The number of halogens is 3. The maximum Gasteiger partial charge on any atom is 0.321 e. The fourth-order valence-corrected chi connectivity index (χ4v) is 3.89. The zero-order valence-corrected chi connectivity index (χ0v) is 13.8. The third kappa shape index (κ3) is 6.63. The molecule has 2 nitrogen and oxygen atoms in total. The van der Waals surface area contributed by atoms with Gasteiger partial charge in [-0.25, -0.2) is 13.2 Å². The third-order valence-corrected chi connectivity index (χ3v) is 5.09. The predicted octanol–water partition coefficient (Wildman–Crippen LogP) is 4.11. The first-order chi connectivity index (χ1) is 10.1. The number of benzene rings is 1. The minimum atomic E-state index is -1.74. The van der Waals surface area contributed by atoms with Crippen molar-refractivity contribution in [3.63, 3.8) is 0 Å². The molecule has 0 aromatic heterocycles. The molecule has 6 heteroatoms.